The van der Waals surface area contributed by atoms with Gasteiger partial charge in [0.05, 0.1) is 17.5 Å². The number of aryl methyl sites for hydroxylation is 2. The monoisotopic (exact) mass is 350 g/mol. The van der Waals surface area contributed by atoms with Crippen LogP contribution in [-0.4, -0.2) is 48.9 Å². The Balaban J connectivity index is 1.47. The Hall–Kier alpha value is -2.96. The molecule has 4 heterocycles. The molecule has 134 valence electrons. The van der Waals surface area contributed by atoms with Crippen molar-refractivity contribution in [2.75, 3.05) is 13.1 Å². The van der Waals surface area contributed by atoms with E-state index in [2.05, 4.69) is 20.3 Å². The second-order valence-corrected chi connectivity index (χ2v) is 6.80. The summed E-state index contributed by atoms with van der Waals surface area (Å²) < 4.78 is 1.70. The number of nitrogens with zero attached hydrogens (tertiary/aromatic N) is 5. The van der Waals surface area contributed by atoms with E-state index in [1.165, 1.54) is 0 Å². The highest BCUT2D eigenvalue weighted by atomic mass is 16.2. The van der Waals surface area contributed by atoms with Crippen LogP contribution in [0.2, 0.25) is 0 Å². The molecular weight excluding hydrogens is 328 g/mol. The van der Waals surface area contributed by atoms with Crippen LogP contribution >= 0.6 is 0 Å². The molecule has 0 atom stereocenters. The molecule has 26 heavy (non-hydrogen) atoms. The van der Waals surface area contributed by atoms with Crippen molar-refractivity contribution in [2.45, 2.75) is 25.7 Å². The summed E-state index contributed by atoms with van der Waals surface area (Å²) >= 11 is 0. The Morgan fingerprint density at radius 2 is 1.96 bits per heavy atom. The number of pyridine rings is 1. The maximum atomic E-state index is 12.8. The number of hydrogen-bond donors (Lipinski definition) is 1. The minimum Gasteiger partial charge on any atom is -0.338 e. The summed E-state index contributed by atoms with van der Waals surface area (Å²) in [6, 6.07) is 4.00. The Morgan fingerprint density at radius 3 is 2.62 bits per heavy atom. The van der Waals surface area contributed by atoms with Gasteiger partial charge in [-0.1, -0.05) is 0 Å². The van der Waals surface area contributed by atoms with Crippen molar-refractivity contribution in [3.8, 4) is 11.1 Å². The third-order valence-corrected chi connectivity index (χ3v) is 5.09. The molecule has 1 N–H and O–H groups in total. The Labute approximate surface area is 152 Å². The van der Waals surface area contributed by atoms with E-state index in [9.17, 15) is 4.79 Å². The highest BCUT2D eigenvalue weighted by molar-refractivity contribution is 5.95. The van der Waals surface area contributed by atoms with Crippen molar-refractivity contribution in [1.29, 1.82) is 0 Å². The van der Waals surface area contributed by atoms with Gasteiger partial charge in [-0.3, -0.25) is 19.6 Å². The van der Waals surface area contributed by atoms with Gasteiger partial charge in [-0.15, -0.1) is 0 Å². The van der Waals surface area contributed by atoms with Crippen LogP contribution in [0.1, 0.15) is 40.5 Å². The van der Waals surface area contributed by atoms with Gasteiger partial charge in [0.1, 0.15) is 0 Å². The number of nitrogens with one attached hydrogen (secondary N) is 1. The van der Waals surface area contributed by atoms with Crippen molar-refractivity contribution in [2.24, 2.45) is 7.05 Å². The van der Waals surface area contributed by atoms with E-state index in [0.29, 0.717) is 11.5 Å². The standard InChI is InChI=1S/C19H22N6O/c1-13-17(12-24(2)23-13)19(26)25-9-5-15(6-10-25)18-16(11-21-22-18)14-3-7-20-8-4-14/h3-4,7-8,11-12,15H,5-6,9-10H2,1-2H3,(H,21,22). The lowest BCUT2D eigenvalue weighted by atomic mass is 9.89. The molecule has 3 aromatic heterocycles. The van der Waals surface area contributed by atoms with E-state index in [-0.39, 0.29) is 5.91 Å². The lowest BCUT2D eigenvalue weighted by Crippen LogP contribution is -2.38. The lowest BCUT2D eigenvalue weighted by Gasteiger charge is -2.32. The zero-order valence-corrected chi connectivity index (χ0v) is 15.0. The zero-order chi connectivity index (χ0) is 18.1. The molecule has 0 bridgehead atoms. The van der Waals surface area contributed by atoms with Crippen LogP contribution in [0.15, 0.2) is 36.9 Å². The molecule has 1 aliphatic rings. The summed E-state index contributed by atoms with van der Waals surface area (Å²) in [5.74, 6) is 0.452. The fourth-order valence-corrected chi connectivity index (χ4v) is 3.72. The predicted octanol–water partition coefficient (Wildman–Crippen LogP) is 2.53. The summed E-state index contributed by atoms with van der Waals surface area (Å²) in [5, 5.41) is 11.7. The van der Waals surface area contributed by atoms with Crippen LogP contribution < -0.4 is 0 Å². The number of likely N-dealkylation sites (tertiary alicyclic amines) is 1. The normalized spacial score (nSPS) is 15.4. The van der Waals surface area contributed by atoms with Gasteiger partial charge < -0.3 is 4.90 Å². The van der Waals surface area contributed by atoms with Gasteiger partial charge in [0.25, 0.3) is 5.91 Å². The molecule has 0 aromatic carbocycles. The van der Waals surface area contributed by atoms with Crippen molar-refractivity contribution in [3.63, 3.8) is 0 Å². The highest BCUT2D eigenvalue weighted by Gasteiger charge is 2.28. The van der Waals surface area contributed by atoms with Gasteiger partial charge >= 0.3 is 0 Å². The van der Waals surface area contributed by atoms with Gasteiger partial charge in [-0.2, -0.15) is 10.2 Å². The number of amides is 1. The maximum Gasteiger partial charge on any atom is 0.257 e. The van der Waals surface area contributed by atoms with E-state index in [1.807, 2.05) is 37.2 Å². The molecule has 0 saturated carbocycles. The summed E-state index contributed by atoms with van der Waals surface area (Å²) in [5.41, 5.74) is 4.88. The first-order valence-electron chi connectivity index (χ1n) is 8.86. The molecule has 0 aliphatic carbocycles. The van der Waals surface area contributed by atoms with Crippen molar-refractivity contribution < 1.29 is 4.79 Å². The fourth-order valence-electron chi connectivity index (χ4n) is 3.72. The van der Waals surface area contributed by atoms with Crippen LogP contribution in [0.5, 0.6) is 0 Å². The lowest BCUT2D eigenvalue weighted by molar-refractivity contribution is 0.0711. The molecule has 1 fully saturated rings. The molecule has 0 unspecified atom stereocenters. The minimum atomic E-state index is 0.0769. The third kappa shape index (κ3) is 3.00. The van der Waals surface area contributed by atoms with E-state index < -0.39 is 0 Å². The molecule has 4 rings (SSSR count). The van der Waals surface area contributed by atoms with Crippen LogP contribution in [0, 0.1) is 6.92 Å². The average molecular weight is 350 g/mol. The highest BCUT2D eigenvalue weighted by Crippen LogP contribution is 2.34. The van der Waals surface area contributed by atoms with Crippen LogP contribution in [-0.2, 0) is 7.05 Å². The van der Waals surface area contributed by atoms with Crippen molar-refractivity contribution in [1.82, 2.24) is 29.9 Å². The predicted molar refractivity (Wildman–Crippen MR) is 97.6 cm³/mol. The van der Waals surface area contributed by atoms with Crippen molar-refractivity contribution in [3.05, 3.63) is 53.9 Å². The number of H-pyrrole nitrogens is 1. The topological polar surface area (TPSA) is 79.7 Å². The number of hydrogen-bond acceptors (Lipinski definition) is 4. The van der Waals surface area contributed by atoms with Crippen molar-refractivity contribution >= 4 is 5.91 Å². The quantitative estimate of drug-likeness (QED) is 0.787. The van der Waals surface area contributed by atoms with Gasteiger partial charge in [0.15, 0.2) is 0 Å². The number of carbonyl (C=O) groups is 1. The van der Waals surface area contributed by atoms with Crippen LogP contribution in [0.25, 0.3) is 11.1 Å². The molecular formula is C19H22N6O. The average Bonchev–Trinajstić information content (AvgIpc) is 3.28. The Kier molecular flexibility index (Phi) is 4.28. The molecule has 7 heteroatoms. The van der Waals surface area contributed by atoms with E-state index >= 15 is 0 Å². The molecule has 3 aromatic rings. The third-order valence-electron chi connectivity index (χ3n) is 5.09. The zero-order valence-electron chi connectivity index (χ0n) is 15.0. The molecule has 1 aliphatic heterocycles. The number of aromatic nitrogens is 5. The SMILES string of the molecule is Cc1nn(C)cc1C(=O)N1CCC(c2[nH]ncc2-c2ccncc2)CC1. The van der Waals surface area contributed by atoms with Gasteiger partial charge in [-0.05, 0) is 37.5 Å². The van der Waals surface area contributed by atoms with Gasteiger partial charge in [0, 0.05) is 55.9 Å². The molecule has 0 spiro atoms. The molecule has 1 amide bonds. The number of carbonyl (C=O) groups excluding carboxylic acids is 1. The Bertz CT molecular complexity index is 905. The number of piperidine rings is 1. The maximum absolute atomic E-state index is 12.8. The van der Waals surface area contributed by atoms with E-state index in [1.54, 1.807) is 23.3 Å². The first-order chi connectivity index (χ1) is 12.6. The van der Waals surface area contributed by atoms with Gasteiger partial charge in [-0.25, -0.2) is 0 Å². The molecule has 1 saturated heterocycles. The molecule has 7 nitrogen and oxygen atoms in total. The fraction of sp³-hybridized carbons (Fsp3) is 0.368. The summed E-state index contributed by atoms with van der Waals surface area (Å²) in [4.78, 5) is 18.8. The number of rotatable bonds is 3. The first kappa shape index (κ1) is 16.5. The summed E-state index contributed by atoms with van der Waals surface area (Å²) in [6.45, 7) is 3.37. The smallest absolute Gasteiger partial charge is 0.257 e. The minimum absolute atomic E-state index is 0.0769. The second-order valence-electron chi connectivity index (χ2n) is 6.80. The van der Waals surface area contributed by atoms with Gasteiger partial charge in [0.2, 0.25) is 0 Å². The number of aromatic amines is 1. The van der Waals surface area contributed by atoms with Crippen LogP contribution in [0.3, 0.4) is 0 Å². The summed E-state index contributed by atoms with van der Waals surface area (Å²) in [6.07, 6.45) is 9.12. The van der Waals surface area contributed by atoms with E-state index in [4.69, 9.17) is 0 Å². The second kappa shape index (κ2) is 6.74. The van der Waals surface area contributed by atoms with E-state index in [0.717, 1.165) is 48.4 Å². The van der Waals surface area contributed by atoms with Crippen LogP contribution in [0.4, 0.5) is 0 Å². The molecule has 0 radical (unpaired) electrons. The largest absolute Gasteiger partial charge is 0.338 e. The summed E-state index contributed by atoms with van der Waals surface area (Å²) in [7, 11) is 1.84. The first-order valence-corrected chi connectivity index (χ1v) is 8.86. The Morgan fingerprint density at radius 1 is 1.23 bits per heavy atom.